The number of benzene rings is 2. The molecule has 0 saturated heterocycles. The van der Waals surface area contributed by atoms with E-state index in [4.69, 9.17) is 5.26 Å². The van der Waals surface area contributed by atoms with E-state index in [2.05, 4.69) is 22.0 Å². The third-order valence-electron chi connectivity index (χ3n) is 3.68. The molecular weight excluding hydrogens is 340 g/mol. The van der Waals surface area contributed by atoms with Crippen molar-refractivity contribution in [3.05, 3.63) is 69.7 Å². The number of carbonyl (C=O) groups is 1. The van der Waals surface area contributed by atoms with Gasteiger partial charge in [-0.3, -0.25) is 4.79 Å². The summed E-state index contributed by atoms with van der Waals surface area (Å²) in [5.74, 6) is 0.00635. The van der Waals surface area contributed by atoms with Crippen molar-refractivity contribution in [2.45, 2.75) is 19.9 Å². The van der Waals surface area contributed by atoms with Crippen molar-refractivity contribution in [2.24, 2.45) is 0 Å². The molecule has 0 aliphatic heterocycles. The highest BCUT2D eigenvalue weighted by molar-refractivity contribution is 9.10. The molecule has 2 aromatic rings. The van der Waals surface area contributed by atoms with Crippen molar-refractivity contribution >= 4 is 21.8 Å². The van der Waals surface area contributed by atoms with Gasteiger partial charge in [0.15, 0.2) is 0 Å². The molecule has 0 aliphatic rings. The van der Waals surface area contributed by atoms with Gasteiger partial charge in [-0.1, -0.05) is 28.1 Å². The first-order valence-electron chi connectivity index (χ1n) is 7.13. The van der Waals surface area contributed by atoms with Gasteiger partial charge in [-0.15, -0.1) is 0 Å². The molecular formula is C18H17BrN2O. The first kappa shape index (κ1) is 16.3. The van der Waals surface area contributed by atoms with E-state index < -0.39 is 0 Å². The first-order chi connectivity index (χ1) is 10.6. The van der Waals surface area contributed by atoms with Crippen LogP contribution >= 0.6 is 15.9 Å². The molecule has 4 heteroatoms. The third kappa shape index (κ3) is 3.55. The van der Waals surface area contributed by atoms with Crippen LogP contribution < -0.4 is 0 Å². The van der Waals surface area contributed by atoms with Crippen molar-refractivity contribution in [2.75, 3.05) is 6.54 Å². The maximum atomic E-state index is 12.7. The number of nitriles is 1. The van der Waals surface area contributed by atoms with E-state index in [-0.39, 0.29) is 11.9 Å². The SMILES string of the molecule is CCN(C(=O)c1ccc(Br)cc1)C(C)c1ccc(C#N)cc1. The number of carbonyl (C=O) groups excluding carboxylic acids is 1. The Bertz CT molecular complexity index is 687. The Morgan fingerprint density at radius 3 is 2.27 bits per heavy atom. The van der Waals surface area contributed by atoms with Crippen LogP contribution in [0.15, 0.2) is 53.0 Å². The molecule has 22 heavy (non-hydrogen) atoms. The Labute approximate surface area is 139 Å². The van der Waals surface area contributed by atoms with Crippen molar-refractivity contribution in [3.63, 3.8) is 0 Å². The minimum Gasteiger partial charge on any atom is -0.332 e. The molecule has 2 rings (SSSR count). The van der Waals surface area contributed by atoms with Crippen LogP contribution in [0.25, 0.3) is 0 Å². The molecule has 0 N–H and O–H groups in total. The van der Waals surface area contributed by atoms with E-state index in [1.165, 1.54) is 0 Å². The standard InChI is InChI=1S/C18H17BrN2O/c1-3-21(18(22)16-8-10-17(19)11-9-16)13(2)15-6-4-14(12-20)5-7-15/h4-11,13H,3H2,1-2H3. The summed E-state index contributed by atoms with van der Waals surface area (Å²) in [5.41, 5.74) is 2.31. The fraction of sp³-hybridized carbons (Fsp3) is 0.222. The fourth-order valence-electron chi connectivity index (χ4n) is 2.37. The van der Waals surface area contributed by atoms with Gasteiger partial charge in [0, 0.05) is 16.6 Å². The molecule has 0 radical (unpaired) electrons. The predicted molar refractivity (Wildman–Crippen MR) is 90.4 cm³/mol. The molecule has 0 aliphatic carbocycles. The average molecular weight is 357 g/mol. The maximum absolute atomic E-state index is 12.7. The number of halogens is 1. The van der Waals surface area contributed by atoms with Crippen molar-refractivity contribution in [1.82, 2.24) is 4.90 Å². The second-order valence-corrected chi connectivity index (χ2v) is 5.92. The Balaban J connectivity index is 2.24. The van der Waals surface area contributed by atoms with E-state index in [1.807, 2.05) is 55.1 Å². The van der Waals surface area contributed by atoms with Gasteiger partial charge in [0.2, 0.25) is 0 Å². The molecule has 1 unspecified atom stereocenters. The van der Waals surface area contributed by atoms with Crippen LogP contribution in [0.1, 0.15) is 41.4 Å². The maximum Gasteiger partial charge on any atom is 0.254 e. The fourth-order valence-corrected chi connectivity index (χ4v) is 2.63. The lowest BCUT2D eigenvalue weighted by atomic mass is 10.0. The van der Waals surface area contributed by atoms with Gasteiger partial charge < -0.3 is 4.90 Å². The Kier molecular flexibility index (Phi) is 5.35. The quantitative estimate of drug-likeness (QED) is 0.806. The number of hydrogen-bond acceptors (Lipinski definition) is 2. The zero-order valence-corrected chi connectivity index (χ0v) is 14.2. The van der Waals surface area contributed by atoms with E-state index in [9.17, 15) is 4.79 Å². The van der Waals surface area contributed by atoms with Crippen molar-refractivity contribution in [1.29, 1.82) is 5.26 Å². The van der Waals surface area contributed by atoms with Gasteiger partial charge in [-0.25, -0.2) is 0 Å². The van der Waals surface area contributed by atoms with Crippen molar-refractivity contribution in [3.8, 4) is 6.07 Å². The Morgan fingerprint density at radius 1 is 1.18 bits per heavy atom. The lowest BCUT2D eigenvalue weighted by molar-refractivity contribution is 0.0702. The summed E-state index contributed by atoms with van der Waals surface area (Å²) in [6, 6.07) is 16.8. The molecule has 1 amide bonds. The van der Waals surface area contributed by atoms with Crippen LogP contribution in [0.4, 0.5) is 0 Å². The van der Waals surface area contributed by atoms with Crippen LogP contribution in [0.3, 0.4) is 0 Å². The largest absolute Gasteiger partial charge is 0.332 e. The first-order valence-corrected chi connectivity index (χ1v) is 7.92. The van der Waals surface area contributed by atoms with Crippen molar-refractivity contribution < 1.29 is 4.79 Å². The van der Waals surface area contributed by atoms with E-state index in [0.717, 1.165) is 10.0 Å². The molecule has 0 fully saturated rings. The van der Waals surface area contributed by atoms with E-state index in [1.54, 1.807) is 12.1 Å². The molecule has 3 nitrogen and oxygen atoms in total. The molecule has 1 atom stereocenters. The van der Waals surface area contributed by atoms with Gasteiger partial charge in [0.25, 0.3) is 5.91 Å². The Morgan fingerprint density at radius 2 is 1.77 bits per heavy atom. The smallest absolute Gasteiger partial charge is 0.254 e. The van der Waals surface area contributed by atoms with Crippen LogP contribution in [0.5, 0.6) is 0 Å². The van der Waals surface area contributed by atoms with Gasteiger partial charge in [-0.2, -0.15) is 5.26 Å². The zero-order valence-electron chi connectivity index (χ0n) is 12.6. The van der Waals surface area contributed by atoms with E-state index >= 15 is 0 Å². The number of nitrogens with zero attached hydrogens (tertiary/aromatic N) is 2. The zero-order chi connectivity index (χ0) is 16.1. The minimum atomic E-state index is -0.0473. The number of hydrogen-bond donors (Lipinski definition) is 0. The molecule has 0 heterocycles. The Hall–Kier alpha value is -2.12. The predicted octanol–water partition coefficient (Wildman–Crippen LogP) is 4.54. The second-order valence-electron chi connectivity index (χ2n) is 5.01. The molecule has 0 spiro atoms. The lowest BCUT2D eigenvalue weighted by Gasteiger charge is -2.28. The van der Waals surface area contributed by atoms with Crippen LogP contribution in [0, 0.1) is 11.3 Å². The lowest BCUT2D eigenvalue weighted by Crippen LogP contribution is -2.33. The van der Waals surface area contributed by atoms with Crippen LogP contribution in [0.2, 0.25) is 0 Å². The minimum absolute atomic E-state index is 0.00635. The number of rotatable bonds is 4. The summed E-state index contributed by atoms with van der Waals surface area (Å²) >= 11 is 3.38. The summed E-state index contributed by atoms with van der Waals surface area (Å²) < 4.78 is 0.951. The van der Waals surface area contributed by atoms with Gasteiger partial charge >= 0.3 is 0 Å². The summed E-state index contributed by atoms with van der Waals surface area (Å²) in [4.78, 5) is 14.5. The van der Waals surface area contributed by atoms with Crippen LogP contribution in [-0.2, 0) is 0 Å². The molecule has 0 saturated carbocycles. The van der Waals surface area contributed by atoms with E-state index in [0.29, 0.717) is 17.7 Å². The summed E-state index contributed by atoms with van der Waals surface area (Å²) in [6.07, 6.45) is 0. The summed E-state index contributed by atoms with van der Waals surface area (Å²) in [5, 5.41) is 8.86. The molecule has 2 aromatic carbocycles. The summed E-state index contributed by atoms with van der Waals surface area (Å²) in [7, 11) is 0. The molecule has 0 bridgehead atoms. The number of amides is 1. The average Bonchev–Trinajstić information content (AvgIpc) is 2.56. The highest BCUT2D eigenvalue weighted by Gasteiger charge is 2.21. The molecule has 0 aromatic heterocycles. The monoisotopic (exact) mass is 356 g/mol. The second kappa shape index (κ2) is 7.24. The van der Waals surface area contributed by atoms with Gasteiger partial charge in [0.1, 0.15) is 0 Å². The summed E-state index contributed by atoms with van der Waals surface area (Å²) in [6.45, 7) is 4.59. The third-order valence-corrected chi connectivity index (χ3v) is 4.21. The van der Waals surface area contributed by atoms with Gasteiger partial charge in [0.05, 0.1) is 17.7 Å². The van der Waals surface area contributed by atoms with Gasteiger partial charge in [-0.05, 0) is 55.8 Å². The van der Waals surface area contributed by atoms with Crippen LogP contribution in [-0.4, -0.2) is 17.4 Å². The highest BCUT2D eigenvalue weighted by Crippen LogP contribution is 2.23. The topological polar surface area (TPSA) is 44.1 Å². The normalized spacial score (nSPS) is 11.5. The molecule has 112 valence electrons. The highest BCUT2D eigenvalue weighted by atomic mass is 79.9.